The standard InChI is InChI=1S/C12H18FN3O/c1-9-8-10(5-6-11(9)13)15-7-3-2-4-12(14)16-17/h5-6,8,15,17H,2-4,7H2,1H3,(H2,14,16). The van der Waals surface area contributed by atoms with Crippen molar-refractivity contribution in [3.63, 3.8) is 0 Å². The molecular formula is C12H18FN3O. The van der Waals surface area contributed by atoms with Crippen molar-refractivity contribution >= 4 is 11.5 Å². The number of aryl methyl sites for hydroxylation is 1. The Morgan fingerprint density at radius 3 is 2.88 bits per heavy atom. The maximum Gasteiger partial charge on any atom is 0.139 e. The van der Waals surface area contributed by atoms with Gasteiger partial charge in [0.1, 0.15) is 11.7 Å². The number of rotatable bonds is 6. The number of nitrogens with two attached hydrogens (primary N) is 1. The summed E-state index contributed by atoms with van der Waals surface area (Å²) in [5.41, 5.74) is 6.88. The second-order valence-electron chi connectivity index (χ2n) is 3.94. The molecule has 0 atom stereocenters. The zero-order chi connectivity index (χ0) is 12.7. The number of nitrogens with one attached hydrogen (secondary N) is 1. The molecule has 1 aromatic rings. The summed E-state index contributed by atoms with van der Waals surface area (Å²) in [7, 11) is 0. The second kappa shape index (κ2) is 6.73. The number of hydrogen-bond acceptors (Lipinski definition) is 3. The Labute approximate surface area is 100 Å². The topological polar surface area (TPSA) is 70.6 Å². The predicted molar refractivity (Wildman–Crippen MR) is 66.9 cm³/mol. The van der Waals surface area contributed by atoms with Crippen molar-refractivity contribution in [2.24, 2.45) is 10.9 Å². The first-order valence-corrected chi connectivity index (χ1v) is 5.60. The normalized spacial score (nSPS) is 11.5. The van der Waals surface area contributed by atoms with E-state index in [0.717, 1.165) is 25.1 Å². The number of unbranched alkanes of at least 4 members (excludes halogenated alkanes) is 1. The zero-order valence-electron chi connectivity index (χ0n) is 9.91. The summed E-state index contributed by atoms with van der Waals surface area (Å²) >= 11 is 0. The van der Waals surface area contributed by atoms with Gasteiger partial charge in [-0.15, -0.1) is 0 Å². The van der Waals surface area contributed by atoms with Gasteiger partial charge in [-0.1, -0.05) is 5.16 Å². The summed E-state index contributed by atoms with van der Waals surface area (Å²) in [6.07, 6.45) is 2.34. The Balaban J connectivity index is 2.24. The molecule has 0 spiro atoms. The molecule has 0 aliphatic heterocycles. The number of amidine groups is 1. The predicted octanol–water partition coefficient (Wildman–Crippen LogP) is 2.46. The lowest BCUT2D eigenvalue weighted by Crippen LogP contribution is -2.11. The molecule has 0 aliphatic carbocycles. The molecule has 0 saturated heterocycles. The van der Waals surface area contributed by atoms with Crippen LogP contribution in [0.5, 0.6) is 0 Å². The number of benzene rings is 1. The van der Waals surface area contributed by atoms with Crippen LogP contribution in [0.1, 0.15) is 24.8 Å². The first kappa shape index (κ1) is 13.3. The van der Waals surface area contributed by atoms with Gasteiger partial charge in [0, 0.05) is 18.7 Å². The molecule has 0 heterocycles. The monoisotopic (exact) mass is 239 g/mol. The van der Waals surface area contributed by atoms with E-state index >= 15 is 0 Å². The zero-order valence-corrected chi connectivity index (χ0v) is 9.91. The van der Waals surface area contributed by atoms with Crippen molar-refractivity contribution < 1.29 is 9.60 Å². The van der Waals surface area contributed by atoms with Crippen molar-refractivity contribution in [3.8, 4) is 0 Å². The quantitative estimate of drug-likeness (QED) is 0.235. The van der Waals surface area contributed by atoms with Gasteiger partial charge in [0.05, 0.1) is 0 Å². The van der Waals surface area contributed by atoms with Crippen LogP contribution < -0.4 is 11.1 Å². The molecule has 1 aromatic carbocycles. The third-order valence-corrected chi connectivity index (χ3v) is 2.48. The van der Waals surface area contributed by atoms with Gasteiger partial charge in [0.2, 0.25) is 0 Å². The van der Waals surface area contributed by atoms with Crippen LogP contribution in [-0.2, 0) is 0 Å². The molecule has 0 saturated carbocycles. The number of hydrogen-bond donors (Lipinski definition) is 3. The smallest absolute Gasteiger partial charge is 0.139 e. The van der Waals surface area contributed by atoms with Crippen molar-refractivity contribution in [3.05, 3.63) is 29.6 Å². The van der Waals surface area contributed by atoms with Gasteiger partial charge in [-0.05, 0) is 43.5 Å². The summed E-state index contributed by atoms with van der Waals surface area (Å²) in [6.45, 7) is 2.52. The highest BCUT2D eigenvalue weighted by molar-refractivity contribution is 5.79. The van der Waals surface area contributed by atoms with Crippen molar-refractivity contribution in [2.45, 2.75) is 26.2 Å². The molecule has 17 heavy (non-hydrogen) atoms. The summed E-state index contributed by atoms with van der Waals surface area (Å²) in [5.74, 6) is 0.0603. The van der Waals surface area contributed by atoms with Gasteiger partial charge in [0.15, 0.2) is 0 Å². The van der Waals surface area contributed by atoms with E-state index in [0.29, 0.717) is 12.0 Å². The molecular weight excluding hydrogens is 221 g/mol. The number of nitrogens with zero attached hydrogens (tertiary/aromatic N) is 1. The van der Waals surface area contributed by atoms with E-state index in [1.165, 1.54) is 6.07 Å². The minimum absolute atomic E-state index is 0.192. The van der Waals surface area contributed by atoms with Crippen LogP contribution in [0.15, 0.2) is 23.4 Å². The molecule has 0 radical (unpaired) electrons. The maximum atomic E-state index is 13.0. The molecule has 0 aromatic heterocycles. The van der Waals surface area contributed by atoms with Crippen LogP contribution in [0.3, 0.4) is 0 Å². The Morgan fingerprint density at radius 1 is 1.47 bits per heavy atom. The van der Waals surface area contributed by atoms with E-state index in [-0.39, 0.29) is 11.7 Å². The van der Waals surface area contributed by atoms with Gasteiger partial charge >= 0.3 is 0 Å². The molecule has 94 valence electrons. The van der Waals surface area contributed by atoms with Crippen molar-refractivity contribution in [1.29, 1.82) is 0 Å². The summed E-state index contributed by atoms with van der Waals surface area (Å²) < 4.78 is 13.0. The number of halogens is 1. The van der Waals surface area contributed by atoms with E-state index in [1.54, 1.807) is 19.1 Å². The Bertz CT molecular complexity index is 393. The van der Waals surface area contributed by atoms with Crippen molar-refractivity contribution in [2.75, 3.05) is 11.9 Å². The largest absolute Gasteiger partial charge is 0.409 e. The summed E-state index contributed by atoms with van der Waals surface area (Å²) in [6, 6.07) is 4.94. The summed E-state index contributed by atoms with van der Waals surface area (Å²) in [5, 5.41) is 14.4. The Hall–Kier alpha value is -1.78. The first-order valence-electron chi connectivity index (χ1n) is 5.60. The minimum atomic E-state index is -0.192. The highest BCUT2D eigenvalue weighted by Crippen LogP contribution is 2.13. The fourth-order valence-electron chi connectivity index (χ4n) is 1.47. The van der Waals surface area contributed by atoms with Gasteiger partial charge in [-0.25, -0.2) is 4.39 Å². The molecule has 4 N–H and O–H groups in total. The highest BCUT2D eigenvalue weighted by atomic mass is 19.1. The van der Waals surface area contributed by atoms with Crippen LogP contribution in [0.4, 0.5) is 10.1 Å². The van der Waals surface area contributed by atoms with E-state index in [4.69, 9.17) is 10.9 Å². The highest BCUT2D eigenvalue weighted by Gasteiger charge is 1.98. The minimum Gasteiger partial charge on any atom is -0.409 e. The van der Waals surface area contributed by atoms with Gasteiger partial charge in [0.25, 0.3) is 0 Å². The maximum absolute atomic E-state index is 13.0. The first-order chi connectivity index (χ1) is 8.13. The van der Waals surface area contributed by atoms with Crippen LogP contribution in [0.2, 0.25) is 0 Å². The SMILES string of the molecule is Cc1cc(NCCCCC(N)=NO)ccc1F. The molecule has 1 rings (SSSR count). The molecule has 0 fully saturated rings. The van der Waals surface area contributed by atoms with Crippen LogP contribution in [-0.4, -0.2) is 17.6 Å². The average molecular weight is 239 g/mol. The molecule has 0 aliphatic rings. The van der Waals surface area contributed by atoms with Crippen molar-refractivity contribution in [1.82, 2.24) is 0 Å². The molecule has 5 heteroatoms. The van der Waals surface area contributed by atoms with Crippen LogP contribution >= 0.6 is 0 Å². The van der Waals surface area contributed by atoms with Crippen LogP contribution in [0, 0.1) is 12.7 Å². The third-order valence-electron chi connectivity index (χ3n) is 2.48. The molecule has 0 amide bonds. The molecule has 0 bridgehead atoms. The molecule has 4 nitrogen and oxygen atoms in total. The Kier molecular flexibility index (Phi) is 5.26. The van der Waals surface area contributed by atoms with Crippen LogP contribution in [0.25, 0.3) is 0 Å². The second-order valence-corrected chi connectivity index (χ2v) is 3.94. The van der Waals surface area contributed by atoms with Gasteiger partial charge < -0.3 is 16.3 Å². The lowest BCUT2D eigenvalue weighted by Gasteiger charge is -2.07. The average Bonchev–Trinajstić information content (AvgIpc) is 2.33. The lowest BCUT2D eigenvalue weighted by molar-refractivity contribution is 0.316. The van der Waals surface area contributed by atoms with E-state index in [1.807, 2.05) is 0 Å². The van der Waals surface area contributed by atoms with E-state index in [9.17, 15) is 4.39 Å². The van der Waals surface area contributed by atoms with Gasteiger partial charge in [-0.2, -0.15) is 0 Å². The number of anilines is 1. The number of oxime groups is 1. The van der Waals surface area contributed by atoms with Gasteiger partial charge in [-0.3, -0.25) is 0 Å². The van der Waals surface area contributed by atoms with E-state index < -0.39 is 0 Å². The van der Waals surface area contributed by atoms with E-state index in [2.05, 4.69) is 10.5 Å². The fraction of sp³-hybridized carbons (Fsp3) is 0.417. The third kappa shape index (κ3) is 4.72. The Morgan fingerprint density at radius 2 is 2.24 bits per heavy atom. The molecule has 0 unspecified atom stereocenters. The fourth-order valence-corrected chi connectivity index (χ4v) is 1.47. The summed E-state index contributed by atoms with van der Waals surface area (Å²) in [4.78, 5) is 0. The lowest BCUT2D eigenvalue weighted by atomic mass is 10.2.